The normalized spacial score (nSPS) is 11.2. The first kappa shape index (κ1) is 30.6. The van der Waals surface area contributed by atoms with Crippen molar-refractivity contribution in [1.82, 2.24) is 19.3 Å². The summed E-state index contributed by atoms with van der Waals surface area (Å²) in [6.07, 6.45) is 8.91. The molecule has 0 aliphatic rings. The van der Waals surface area contributed by atoms with Crippen molar-refractivity contribution in [2.75, 3.05) is 0 Å². The largest absolute Gasteiger partial charge is 2.00 e. The number of nitrogens with zero attached hydrogens (tertiary/aromatic N) is 4. The van der Waals surface area contributed by atoms with Gasteiger partial charge in [-0.1, -0.05) is 56.6 Å². The van der Waals surface area contributed by atoms with Crippen molar-refractivity contribution in [1.29, 1.82) is 0 Å². The van der Waals surface area contributed by atoms with E-state index in [1.807, 2.05) is 47.4 Å². The Morgan fingerprint density at radius 2 is 1.58 bits per heavy atom. The SMILES string of the molecule is CCc1ccc(CC)c(-c2cnn(-c3[c-]c(Oc4[c-]c5c(cc4)c4ccccc4n5-c4cc(C)ccn4)ccc3)c2)c1CC.[Pt+2]. The molecule has 6 heteroatoms. The summed E-state index contributed by atoms with van der Waals surface area (Å²) in [7, 11) is 0. The van der Waals surface area contributed by atoms with Crippen molar-refractivity contribution in [2.24, 2.45) is 0 Å². The summed E-state index contributed by atoms with van der Waals surface area (Å²) in [5, 5.41) is 7.00. The monoisotopic (exact) mass is 769 g/mol. The average Bonchev–Trinajstić information content (AvgIpc) is 3.67. The molecule has 0 aliphatic carbocycles. The Balaban J connectivity index is 0.00000357. The molecule has 3 aromatic heterocycles. The van der Waals surface area contributed by atoms with Crippen LogP contribution < -0.4 is 4.74 Å². The Morgan fingerprint density at radius 3 is 2.38 bits per heavy atom. The van der Waals surface area contributed by atoms with Crippen molar-refractivity contribution in [3.63, 3.8) is 0 Å². The second kappa shape index (κ2) is 12.9. The Hall–Kier alpha value is -4.47. The van der Waals surface area contributed by atoms with E-state index in [0.29, 0.717) is 11.5 Å². The van der Waals surface area contributed by atoms with Crippen LogP contribution in [0.15, 0.2) is 97.5 Å². The molecule has 4 aromatic carbocycles. The first-order chi connectivity index (χ1) is 21.6. The van der Waals surface area contributed by atoms with Gasteiger partial charge in [0, 0.05) is 35.0 Å². The molecule has 7 aromatic rings. The fourth-order valence-electron chi connectivity index (χ4n) is 6.27. The number of pyridine rings is 1. The molecule has 3 heterocycles. The van der Waals surface area contributed by atoms with E-state index < -0.39 is 0 Å². The molecule has 0 atom stereocenters. The van der Waals surface area contributed by atoms with Crippen LogP contribution in [0.4, 0.5) is 0 Å². The summed E-state index contributed by atoms with van der Waals surface area (Å²) in [4.78, 5) is 4.68. The van der Waals surface area contributed by atoms with E-state index in [-0.39, 0.29) is 21.1 Å². The Labute approximate surface area is 278 Å². The van der Waals surface area contributed by atoms with Crippen LogP contribution >= 0.6 is 0 Å². The van der Waals surface area contributed by atoms with Gasteiger partial charge in [0.15, 0.2) is 0 Å². The van der Waals surface area contributed by atoms with Gasteiger partial charge in [0.1, 0.15) is 5.82 Å². The summed E-state index contributed by atoms with van der Waals surface area (Å²) < 4.78 is 10.4. The second-order valence-corrected chi connectivity index (χ2v) is 11.1. The van der Waals surface area contributed by atoms with Crippen molar-refractivity contribution < 1.29 is 25.8 Å². The fraction of sp³-hybridized carbons (Fsp3) is 0.179. The Kier molecular flexibility index (Phi) is 8.74. The van der Waals surface area contributed by atoms with E-state index in [9.17, 15) is 0 Å². The van der Waals surface area contributed by atoms with Gasteiger partial charge in [-0.2, -0.15) is 17.2 Å². The molecule has 45 heavy (non-hydrogen) atoms. The van der Waals surface area contributed by atoms with Crippen LogP contribution in [0.5, 0.6) is 11.5 Å². The number of ether oxygens (including phenoxy) is 1. The van der Waals surface area contributed by atoms with Crippen LogP contribution in [0.2, 0.25) is 0 Å². The van der Waals surface area contributed by atoms with E-state index >= 15 is 0 Å². The smallest absolute Gasteiger partial charge is 0.509 e. The molecule has 5 nitrogen and oxygen atoms in total. The molecule has 7 rings (SSSR count). The molecule has 226 valence electrons. The standard InChI is InChI=1S/C39H34N4O.Pt/c1-5-27-15-16-28(6-2)39(33(27)7-3)29-24-41-42(25-29)30-11-10-12-31(22-30)44-32-17-18-35-34-13-8-9-14-36(34)43(37(35)23-32)38-21-26(4)19-20-40-38;/h8-21,24-25H,5-7H2,1-4H3;/q-2;+2. The van der Waals surface area contributed by atoms with Crippen LogP contribution in [0.1, 0.15) is 43.0 Å². The van der Waals surface area contributed by atoms with Gasteiger partial charge < -0.3 is 9.30 Å². The quantitative estimate of drug-likeness (QED) is 0.145. The molecule has 0 saturated heterocycles. The van der Waals surface area contributed by atoms with Gasteiger partial charge in [-0.05, 0) is 83.3 Å². The summed E-state index contributed by atoms with van der Waals surface area (Å²) >= 11 is 0. The van der Waals surface area contributed by atoms with Crippen LogP contribution in [0, 0.1) is 19.1 Å². The van der Waals surface area contributed by atoms with E-state index in [1.54, 1.807) is 0 Å². The molecule has 0 radical (unpaired) electrons. The van der Waals surface area contributed by atoms with E-state index in [4.69, 9.17) is 9.84 Å². The van der Waals surface area contributed by atoms with Crippen molar-refractivity contribution in [2.45, 2.75) is 47.0 Å². The minimum Gasteiger partial charge on any atom is -0.509 e. The molecule has 0 bridgehead atoms. The van der Waals surface area contributed by atoms with E-state index in [1.165, 1.54) is 22.3 Å². The van der Waals surface area contributed by atoms with Gasteiger partial charge >= 0.3 is 21.1 Å². The van der Waals surface area contributed by atoms with Gasteiger partial charge in [-0.3, -0.25) is 4.68 Å². The third-order valence-corrected chi connectivity index (χ3v) is 8.39. The maximum atomic E-state index is 6.37. The van der Waals surface area contributed by atoms with E-state index in [0.717, 1.165) is 63.7 Å². The average molecular weight is 770 g/mol. The minimum atomic E-state index is 0. The zero-order valence-electron chi connectivity index (χ0n) is 25.9. The van der Waals surface area contributed by atoms with Crippen molar-refractivity contribution in [3.8, 4) is 34.1 Å². The first-order valence-corrected chi connectivity index (χ1v) is 15.4. The Morgan fingerprint density at radius 1 is 0.778 bits per heavy atom. The Bertz CT molecular complexity index is 2140. The van der Waals surface area contributed by atoms with Gasteiger partial charge in [0.25, 0.3) is 0 Å². The van der Waals surface area contributed by atoms with Crippen LogP contribution in [0.3, 0.4) is 0 Å². The summed E-state index contributed by atoms with van der Waals surface area (Å²) in [5.41, 5.74) is 10.6. The number of benzene rings is 4. The zero-order valence-corrected chi connectivity index (χ0v) is 28.1. The van der Waals surface area contributed by atoms with Crippen molar-refractivity contribution in [3.05, 3.63) is 132 Å². The number of para-hydroxylation sites is 1. The first-order valence-electron chi connectivity index (χ1n) is 15.4. The molecular weight excluding hydrogens is 736 g/mol. The molecule has 0 unspecified atom stereocenters. The number of hydrogen-bond acceptors (Lipinski definition) is 3. The van der Waals surface area contributed by atoms with Crippen LogP contribution in [0.25, 0.3) is 44.4 Å². The fourth-order valence-corrected chi connectivity index (χ4v) is 6.27. The molecule has 0 aliphatic heterocycles. The summed E-state index contributed by atoms with van der Waals surface area (Å²) in [5.74, 6) is 2.07. The predicted octanol–water partition coefficient (Wildman–Crippen LogP) is 9.42. The number of aryl methyl sites for hydroxylation is 3. The number of hydrogen-bond donors (Lipinski definition) is 0. The number of aromatic nitrogens is 4. The van der Waals surface area contributed by atoms with Gasteiger partial charge in [0.2, 0.25) is 0 Å². The molecule has 0 saturated carbocycles. The molecular formula is C39H34N4OPt. The topological polar surface area (TPSA) is 44.9 Å². The maximum absolute atomic E-state index is 6.37. The van der Waals surface area contributed by atoms with Crippen LogP contribution in [-0.2, 0) is 40.3 Å². The predicted molar refractivity (Wildman–Crippen MR) is 178 cm³/mol. The van der Waals surface area contributed by atoms with Crippen LogP contribution in [-0.4, -0.2) is 19.3 Å². The number of rotatable bonds is 8. The molecule has 0 fully saturated rings. The van der Waals surface area contributed by atoms with Crippen molar-refractivity contribution >= 4 is 21.8 Å². The molecule has 0 N–H and O–H groups in total. The summed E-state index contributed by atoms with van der Waals surface area (Å²) in [6, 6.07) is 33.9. The minimum absolute atomic E-state index is 0. The zero-order chi connectivity index (χ0) is 30.2. The van der Waals surface area contributed by atoms with E-state index in [2.05, 4.69) is 104 Å². The third-order valence-electron chi connectivity index (χ3n) is 8.39. The summed E-state index contributed by atoms with van der Waals surface area (Å²) in [6.45, 7) is 8.76. The van der Waals surface area contributed by atoms with Gasteiger partial charge in [0.05, 0.1) is 6.20 Å². The molecule has 0 spiro atoms. The van der Waals surface area contributed by atoms with Gasteiger partial charge in [-0.25, -0.2) is 4.98 Å². The number of fused-ring (bicyclic) bond motifs is 3. The maximum Gasteiger partial charge on any atom is 2.00 e. The second-order valence-electron chi connectivity index (χ2n) is 11.1. The van der Waals surface area contributed by atoms with Gasteiger partial charge in [-0.15, -0.1) is 35.7 Å². The third kappa shape index (κ3) is 5.62. The molecule has 0 amide bonds.